The number of alkyl halides is 1. The van der Waals surface area contributed by atoms with Crippen LogP contribution in [0.3, 0.4) is 0 Å². The van der Waals surface area contributed by atoms with Gasteiger partial charge in [0.2, 0.25) is 0 Å². The van der Waals surface area contributed by atoms with Gasteiger partial charge in [0.1, 0.15) is 5.82 Å². The van der Waals surface area contributed by atoms with E-state index in [0.717, 1.165) is 28.8 Å². The van der Waals surface area contributed by atoms with Crippen molar-refractivity contribution in [3.63, 3.8) is 0 Å². The second-order valence-electron chi connectivity index (χ2n) is 6.46. The van der Waals surface area contributed by atoms with Crippen molar-refractivity contribution in [2.45, 2.75) is 26.8 Å². The Balaban J connectivity index is 0.00000218. The molecule has 2 rings (SSSR count). The lowest BCUT2D eigenvalue weighted by Crippen LogP contribution is -2.29. The van der Waals surface area contributed by atoms with Gasteiger partial charge in [-0.05, 0) is 41.3 Å². The molecule has 0 saturated heterocycles. The van der Waals surface area contributed by atoms with Crippen LogP contribution >= 0.6 is 11.6 Å². The third kappa shape index (κ3) is 7.78. The van der Waals surface area contributed by atoms with Gasteiger partial charge in [-0.1, -0.05) is 93.8 Å². The second-order valence-corrected chi connectivity index (χ2v) is 6.84. The summed E-state index contributed by atoms with van der Waals surface area (Å²) in [5, 5.41) is 0. The first-order valence-corrected chi connectivity index (χ1v) is 10.9. The van der Waals surface area contributed by atoms with Gasteiger partial charge in [0.05, 0.1) is 0 Å². The van der Waals surface area contributed by atoms with E-state index >= 15 is 0 Å². The summed E-state index contributed by atoms with van der Waals surface area (Å²) in [6.45, 7) is 15.3. The smallest absolute Gasteiger partial charge is 0.123 e. The molecule has 0 N–H and O–H groups in total. The van der Waals surface area contributed by atoms with Crippen molar-refractivity contribution in [1.29, 1.82) is 0 Å². The SMILES string of the molecule is C=C/C=C(C=C)/C(=C/CN(CCCl)C(C)c1ccc(F)cc1)c1ccccc1.CC. The van der Waals surface area contributed by atoms with E-state index < -0.39 is 0 Å². The van der Waals surface area contributed by atoms with Crippen molar-refractivity contribution in [3.8, 4) is 0 Å². The molecule has 1 atom stereocenters. The molecule has 0 aliphatic carbocycles. The molecule has 30 heavy (non-hydrogen) atoms. The minimum Gasteiger partial charge on any atom is -0.292 e. The van der Waals surface area contributed by atoms with Crippen LogP contribution in [0.15, 0.2) is 97.6 Å². The Morgan fingerprint density at radius 1 is 1.07 bits per heavy atom. The zero-order valence-electron chi connectivity index (χ0n) is 18.3. The van der Waals surface area contributed by atoms with E-state index in [1.807, 2.05) is 56.3 Å². The monoisotopic (exact) mass is 425 g/mol. The van der Waals surface area contributed by atoms with E-state index in [4.69, 9.17) is 11.6 Å². The maximum Gasteiger partial charge on any atom is 0.123 e. The summed E-state index contributed by atoms with van der Waals surface area (Å²) in [7, 11) is 0. The maximum atomic E-state index is 13.3. The normalized spacial score (nSPS) is 12.7. The number of benzene rings is 2. The van der Waals surface area contributed by atoms with E-state index in [9.17, 15) is 4.39 Å². The lowest BCUT2D eigenvalue weighted by molar-refractivity contribution is 0.248. The molecule has 0 aliphatic rings. The van der Waals surface area contributed by atoms with Gasteiger partial charge < -0.3 is 0 Å². The summed E-state index contributed by atoms with van der Waals surface area (Å²) < 4.78 is 13.3. The van der Waals surface area contributed by atoms with Gasteiger partial charge in [-0.2, -0.15) is 0 Å². The Bertz CT molecular complexity index is 822. The van der Waals surface area contributed by atoms with Crippen LogP contribution in [0.2, 0.25) is 0 Å². The topological polar surface area (TPSA) is 3.24 Å². The first-order chi connectivity index (χ1) is 14.6. The van der Waals surface area contributed by atoms with Crippen molar-refractivity contribution in [3.05, 3.63) is 115 Å². The third-order valence-corrected chi connectivity index (χ3v) is 4.88. The Morgan fingerprint density at radius 3 is 2.23 bits per heavy atom. The molecule has 0 spiro atoms. The molecule has 1 unspecified atom stereocenters. The van der Waals surface area contributed by atoms with Crippen LogP contribution in [0.1, 0.15) is 37.9 Å². The first-order valence-electron chi connectivity index (χ1n) is 10.4. The minimum atomic E-state index is -0.226. The van der Waals surface area contributed by atoms with Crippen molar-refractivity contribution in [2.75, 3.05) is 19.0 Å². The van der Waals surface area contributed by atoms with Crippen molar-refractivity contribution < 1.29 is 4.39 Å². The average Bonchev–Trinajstić information content (AvgIpc) is 2.79. The summed E-state index contributed by atoms with van der Waals surface area (Å²) in [6, 6.07) is 17.0. The Hall–Kier alpha value is -2.42. The number of allylic oxidation sites excluding steroid dienone is 5. The highest BCUT2D eigenvalue weighted by Crippen LogP contribution is 2.26. The van der Waals surface area contributed by atoms with Crippen molar-refractivity contribution in [1.82, 2.24) is 4.90 Å². The van der Waals surface area contributed by atoms with Crippen molar-refractivity contribution in [2.24, 2.45) is 0 Å². The molecule has 2 aromatic carbocycles. The number of nitrogens with zero attached hydrogens (tertiary/aromatic N) is 1. The highest BCUT2D eigenvalue weighted by Gasteiger charge is 2.15. The van der Waals surface area contributed by atoms with Crippen LogP contribution in [0.25, 0.3) is 5.57 Å². The van der Waals surface area contributed by atoms with Gasteiger partial charge >= 0.3 is 0 Å². The van der Waals surface area contributed by atoms with E-state index in [1.54, 1.807) is 6.08 Å². The Labute approximate surface area is 186 Å². The Morgan fingerprint density at radius 2 is 1.70 bits per heavy atom. The number of hydrogen-bond donors (Lipinski definition) is 0. The quantitative estimate of drug-likeness (QED) is 0.277. The lowest BCUT2D eigenvalue weighted by atomic mass is 9.96. The van der Waals surface area contributed by atoms with Crippen LogP contribution in [0, 0.1) is 5.82 Å². The fraction of sp³-hybridized carbons (Fsp3) is 0.259. The van der Waals surface area contributed by atoms with Crippen LogP contribution in [-0.4, -0.2) is 23.9 Å². The molecular weight excluding hydrogens is 393 g/mol. The van der Waals surface area contributed by atoms with Crippen LogP contribution in [0.5, 0.6) is 0 Å². The molecule has 0 aliphatic heterocycles. The van der Waals surface area contributed by atoms with Gasteiger partial charge in [0, 0.05) is 25.0 Å². The fourth-order valence-corrected chi connectivity index (χ4v) is 3.34. The molecule has 160 valence electrons. The molecule has 0 heterocycles. The van der Waals surface area contributed by atoms with Crippen LogP contribution in [0.4, 0.5) is 4.39 Å². The van der Waals surface area contributed by atoms with Gasteiger partial charge in [-0.3, -0.25) is 4.90 Å². The number of rotatable bonds is 10. The standard InChI is InChI=1S/C25H27ClFN.C2H6/c1-4-9-21(5-2)25(23-10-7-6-8-11-23)16-18-28(19-17-26)20(3)22-12-14-24(27)15-13-22;1-2/h4-16,20H,1-2,17-19H2,3H3;1-2H3/b21-9+,25-16-;. The van der Waals surface area contributed by atoms with Crippen molar-refractivity contribution >= 4 is 17.2 Å². The zero-order valence-corrected chi connectivity index (χ0v) is 19.1. The molecular formula is C27H33ClFN. The molecule has 0 amide bonds. The molecule has 0 fully saturated rings. The summed E-state index contributed by atoms with van der Waals surface area (Å²) >= 11 is 6.06. The zero-order chi connectivity index (χ0) is 22.4. The molecule has 0 aromatic heterocycles. The lowest BCUT2D eigenvalue weighted by Gasteiger charge is -2.28. The molecule has 3 heteroatoms. The summed E-state index contributed by atoms with van der Waals surface area (Å²) in [6.07, 6.45) is 7.77. The van der Waals surface area contributed by atoms with Gasteiger partial charge in [-0.15, -0.1) is 11.6 Å². The largest absolute Gasteiger partial charge is 0.292 e. The van der Waals surface area contributed by atoms with Gasteiger partial charge in [-0.25, -0.2) is 4.39 Å². The average molecular weight is 426 g/mol. The molecule has 0 radical (unpaired) electrons. The molecule has 1 nitrogen and oxygen atoms in total. The highest BCUT2D eigenvalue weighted by molar-refractivity contribution is 6.18. The van der Waals surface area contributed by atoms with E-state index in [-0.39, 0.29) is 11.9 Å². The third-order valence-electron chi connectivity index (χ3n) is 4.71. The summed E-state index contributed by atoms with van der Waals surface area (Å²) in [5.41, 5.74) is 4.30. The van der Waals surface area contributed by atoms with Gasteiger partial charge in [0.25, 0.3) is 0 Å². The van der Waals surface area contributed by atoms with Gasteiger partial charge in [0.15, 0.2) is 0 Å². The molecule has 2 aromatic rings. The second kappa shape index (κ2) is 14.5. The van der Waals surface area contributed by atoms with Crippen LogP contribution in [-0.2, 0) is 0 Å². The maximum absolute atomic E-state index is 13.3. The summed E-state index contributed by atoms with van der Waals surface area (Å²) in [4.78, 5) is 2.28. The highest BCUT2D eigenvalue weighted by atomic mass is 35.5. The Kier molecular flexibility index (Phi) is 12.4. The first kappa shape index (κ1) is 25.6. The fourth-order valence-electron chi connectivity index (χ4n) is 3.13. The predicted molar refractivity (Wildman–Crippen MR) is 131 cm³/mol. The van der Waals surface area contributed by atoms with E-state index in [0.29, 0.717) is 12.4 Å². The predicted octanol–water partition coefficient (Wildman–Crippen LogP) is 7.84. The van der Waals surface area contributed by atoms with E-state index in [1.165, 1.54) is 12.1 Å². The molecule has 0 bridgehead atoms. The molecule has 0 saturated carbocycles. The van der Waals surface area contributed by atoms with Crippen LogP contribution < -0.4 is 0 Å². The minimum absolute atomic E-state index is 0.114. The number of halogens is 2. The number of hydrogen-bond acceptors (Lipinski definition) is 1. The van der Waals surface area contributed by atoms with E-state index in [2.05, 4.69) is 43.2 Å². The summed E-state index contributed by atoms with van der Waals surface area (Å²) in [5.74, 6) is 0.299.